The van der Waals surface area contributed by atoms with E-state index in [2.05, 4.69) is 24.5 Å². The van der Waals surface area contributed by atoms with Gasteiger partial charge in [-0.05, 0) is 60.5 Å². The Morgan fingerprint density at radius 2 is 1.88 bits per heavy atom. The van der Waals surface area contributed by atoms with Crippen LogP contribution in [0.25, 0.3) is 0 Å². The van der Waals surface area contributed by atoms with E-state index >= 15 is 0 Å². The van der Waals surface area contributed by atoms with Crippen LogP contribution in [0.5, 0.6) is 5.75 Å². The van der Waals surface area contributed by atoms with E-state index in [1.54, 1.807) is 13.2 Å². The number of nitrogens with one attached hydrogen (secondary N) is 2. The Labute approximate surface area is 158 Å². The largest absolute Gasteiger partial charge is 0.497 e. The van der Waals surface area contributed by atoms with E-state index in [9.17, 15) is 4.39 Å². The monoisotopic (exact) mass is 380 g/mol. The summed E-state index contributed by atoms with van der Waals surface area (Å²) in [5, 5.41) is 6.90. The van der Waals surface area contributed by atoms with Gasteiger partial charge in [-0.2, -0.15) is 0 Å². The van der Waals surface area contributed by atoms with Gasteiger partial charge in [-0.15, -0.1) is 0 Å². The van der Waals surface area contributed by atoms with Crippen LogP contribution in [0.3, 0.4) is 0 Å². The highest BCUT2D eigenvalue weighted by Gasteiger charge is 2.15. The van der Waals surface area contributed by atoms with Gasteiger partial charge >= 0.3 is 0 Å². The van der Waals surface area contributed by atoms with Gasteiger partial charge in [-0.3, -0.25) is 0 Å². The lowest BCUT2D eigenvalue weighted by Gasteiger charge is -2.23. The molecule has 0 aromatic heterocycles. The maximum absolute atomic E-state index is 13.3. The van der Waals surface area contributed by atoms with Crippen molar-refractivity contribution in [3.63, 3.8) is 0 Å². The first-order valence-corrected chi connectivity index (χ1v) is 8.84. The molecule has 2 rings (SSSR count). The topological polar surface area (TPSA) is 33.3 Å². The molecule has 3 nitrogen and oxygen atoms in total. The number of hydrogen-bond donors (Lipinski definition) is 2. The van der Waals surface area contributed by atoms with E-state index in [-0.39, 0.29) is 11.1 Å². The van der Waals surface area contributed by atoms with Gasteiger partial charge < -0.3 is 15.4 Å². The molecule has 2 N–H and O–H groups in total. The number of rotatable bonds is 6. The van der Waals surface area contributed by atoms with Crippen LogP contribution in [0.2, 0.25) is 5.02 Å². The SMILES string of the molecule is COc1ccc(C(CC(C)C)NC(=S)Nc2ccc(F)c(Cl)c2)cc1. The standard InChI is InChI=1S/C19H22ClFN2OS/c1-12(2)10-18(13-4-7-15(24-3)8-5-13)23-19(25)22-14-6-9-17(21)16(20)11-14/h4-9,11-12,18H,10H2,1-3H3,(H2,22,23,25). The molecule has 0 spiro atoms. The number of halogens is 2. The Hall–Kier alpha value is -1.85. The van der Waals surface area contributed by atoms with E-state index in [1.165, 1.54) is 12.1 Å². The minimum Gasteiger partial charge on any atom is -0.497 e. The fourth-order valence-corrected chi connectivity index (χ4v) is 2.93. The molecule has 2 aromatic carbocycles. The van der Waals surface area contributed by atoms with Crippen LogP contribution in [0, 0.1) is 11.7 Å². The van der Waals surface area contributed by atoms with E-state index < -0.39 is 5.82 Å². The number of thiocarbonyl (C=S) groups is 1. The summed E-state index contributed by atoms with van der Waals surface area (Å²) in [5.41, 5.74) is 1.76. The normalized spacial score (nSPS) is 11.9. The molecule has 2 aromatic rings. The number of hydrogen-bond acceptors (Lipinski definition) is 2. The zero-order valence-corrected chi connectivity index (χ0v) is 16.0. The second-order valence-electron chi connectivity index (χ2n) is 6.18. The molecule has 1 unspecified atom stereocenters. The summed E-state index contributed by atoms with van der Waals surface area (Å²) in [6, 6.07) is 12.4. The minimum absolute atomic E-state index is 0.0571. The van der Waals surface area contributed by atoms with Crippen molar-refractivity contribution in [3.05, 3.63) is 58.9 Å². The van der Waals surface area contributed by atoms with Crippen molar-refractivity contribution in [2.24, 2.45) is 5.92 Å². The quantitative estimate of drug-likeness (QED) is 0.642. The number of methoxy groups -OCH3 is 1. The summed E-state index contributed by atoms with van der Waals surface area (Å²) in [4.78, 5) is 0. The molecule has 25 heavy (non-hydrogen) atoms. The molecular weight excluding hydrogens is 359 g/mol. The molecule has 1 atom stereocenters. The molecule has 0 heterocycles. The summed E-state index contributed by atoms with van der Waals surface area (Å²) in [6.07, 6.45) is 0.915. The first-order valence-electron chi connectivity index (χ1n) is 8.05. The minimum atomic E-state index is -0.456. The predicted molar refractivity (Wildman–Crippen MR) is 106 cm³/mol. The summed E-state index contributed by atoms with van der Waals surface area (Å²) in [7, 11) is 1.64. The van der Waals surface area contributed by atoms with Crippen molar-refractivity contribution in [2.45, 2.75) is 26.3 Å². The van der Waals surface area contributed by atoms with Crippen molar-refractivity contribution < 1.29 is 9.13 Å². The van der Waals surface area contributed by atoms with Gasteiger partial charge in [0.05, 0.1) is 18.2 Å². The third-order valence-electron chi connectivity index (χ3n) is 3.71. The molecule has 0 saturated heterocycles. The van der Waals surface area contributed by atoms with Crippen LogP contribution in [0.4, 0.5) is 10.1 Å². The molecule has 0 bridgehead atoms. The van der Waals surface area contributed by atoms with Gasteiger partial charge in [0.15, 0.2) is 5.11 Å². The Morgan fingerprint density at radius 3 is 2.44 bits per heavy atom. The smallest absolute Gasteiger partial charge is 0.171 e. The summed E-state index contributed by atoms with van der Waals surface area (Å²) in [6.45, 7) is 4.32. The molecule has 0 aliphatic rings. The molecular formula is C19H22ClFN2OS. The second-order valence-corrected chi connectivity index (χ2v) is 7.00. The number of ether oxygens (including phenoxy) is 1. The molecule has 0 saturated carbocycles. The lowest BCUT2D eigenvalue weighted by molar-refractivity contribution is 0.414. The lowest BCUT2D eigenvalue weighted by atomic mass is 9.97. The van der Waals surface area contributed by atoms with Crippen LogP contribution < -0.4 is 15.4 Å². The first-order chi connectivity index (χ1) is 11.9. The predicted octanol–water partition coefficient (Wildman–Crippen LogP) is 5.56. The Morgan fingerprint density at radius 1 is 1.20 bits per heavy atom. The van der Waals surface area contributed by atoms with Crippen molar-refractivity contribution in [2.75, 3.05) is 12.4 Å². The van der Waals surface area contributed by atoms with Crippen molar-refractivity contribution in [3.8, 4) is 5.75 Å². The van der Waals surface area contributed by atoms with Crippen LogP contribution in [-0.2, 0) is 0 Å². The molecule has 0 amide bonds. The fourth-order valence-electron chi connectivity index (χ4n) is 2.49. The fraction of sp³-hybridized carbons (Fsp3) is 0.316. The van der Waals surface area contributed by atoms with Gasteiger partial charge in [0.25, 0.3) is 0 Å². The van der Waals surface area contributed by atoms with Crippen LogP contribution >= 0.6 is 23.8 Å². The van der Waals surface area contributed by atoms with Crippen molar-refractivity contribution >= 4 is 34.6 Å². The highest BCUT2D eigenvalue weighted by atomic mass is 35.5. The molecule has 0 fully saturated rings. The molecule has 134 valence electrons. The van der Waals surface area contributed by atoms with Gasteiger partial charge in [0.1, 0.15) is 11.6 Å². The number of anilines is 1. The third-order valence-corrected chi connectivity index (χ3v) is 4.22. The summed E-state index contributed by atoms with van der Waals surface area (Å²) >= 11 is 11.2. The molecule has 0 aliphatic carbocycles. The first kappa shape index (κ1) is 19.5. The van der Waals surface area contributed by atoms with Crippen LogP contribution in [-0.4, -0.2) is 12.2 Å². The van der Waals surface area contributed by atoms with E-state index in [1.807, 2.05) is 24.3 Å². The molecule has 0 radical (unpaired) electrons. The maximum Gasteiger partial charge on any atom is 0.171 e. The van der Waals surface area contributed by atoms with Crippen molar-refractivity contribution in [1.29, 1.82) is 0 Å². The van der Waals surface area contributed by atoms with Gasteiger partial charge in [-0.25, -0.2) is 4.39 Å². The van der Waals surface area contributed by atoms with Crippen molar-refractivity contribution in [1.82, 2.24) is 5.32 Å². The highest BCUT2D eigenvalue weighted by molar-refractivity contribution is 7.80. The Kier molecular flexibility index (Phi) is 7.02. The van der Waals surface area contributed by atoms with Gasteiger partial charge in [-0.1, -0.05) is 37.6 Å². The Bertz CT molecular complexity index is 722. The van der Waals surface area contributed by atoms with Gasteiger partial charge in [0, 0.05) is 5.69 Å². The summed E-state index contributed by atoms with van der Waals surface area (Å²) in [5.74, 6) is 0.846. The maximum atomic E-state index is 13.3. The second kappa shape index (κ2) is 9.02. The molecule has 0 aliphatic heterocycles. The number of benzene rings is 2. The summed E-state index contributed by atoms with van der Waals surface area (Å²) < 4.78 is 18.5. The Balaban J connectivity index is 2.09. The third kappa shape index (κ3) is 5.87. The average Bonchev–Trinajstić information content (AvgIpc) is 2.57. The lowest BCUT2D eigenvalue weighted by Crippen LogP contribution is -2.33. The van der Waals surface area contributed by atoms with Crippen LogP contribution in [0.1, 0.15) is 31.9 Å². The van der Waals surface area contributed by atoms with Crippen LogP contribution in [0.15, 0.2) is 42.5 Å². The zero-order valence-electron chi connectivity index (χ0n) is 14.5. The van der Waals surface area contributed by atoms with E-state index in [4.69, 9.17) is 28.6 Å². The zero-order chi connectivity index (χ0) is 18.4. The van der Waals surface area contributed by atoms with E-state index in [0.29, 0.717) is 16.7 Å². The van der Waals surface area contributed by atoms with E-state index in [0.717, 1.165) is 17.7 Å². The highest BCUT2D eigenvalue weighted by Crippen LogP contribution is 2.24. The van der Waals surface area contributed by atoms with Gasteiger partial charge in [0.2, 0.25) is 0 Å². The molecule has 6 heteroatoms. The average molecular weight is 381 g/mol.